The molecular weight excluding hydrogens is 438 g/mol. The fourth-order valence-electron chi connectivity index (χ4n) is 4.54. The maximum Gasteiger partial charge on any atom is 0.323 e. The summed E-state index contributed by atoms with van der Waals surface area (Å²) in [5.41, 5.74) is 1.64. The maximum atomic E-state index is 12.5. The highest BCUT2D eigenvalue weighted by Crippen LogP contribution is 2.35. The molecule has 166 valence electrons. The van der Waals surface area contributed by atoms with Gasteiger partial charge >= 0.3 is 5.97 Å². The molecule has 2 aliphatic rings. The Morgan fingerprint density at radius 1 is 1.16 bits per heavy atom. The molecule has 0 aromatic heterocycles. The van der Waals surface area contributed by atoms with Gasteiger partial charge in [0.25, 0.3) is 0 Å². The molecule has 7 nitrogen and oxygen atoms in total. The smallest absolute Gasteiger partial charge is 0.323 e. The quantitative estimate of drug-likeness (QED) is 0.568. The van der Waals surface area contributed by atoms with Crippen molar-refractivity contribution < 1.29 is 17.9 Å². The van der Waals surface area contributed by atoms with Gasteiger partial charge < -0.3 is 15.4 Å². The van der Waals surface area contributed by atoms with Crippen LogP contribution in [-0.4, -0.2) is 32.5 Å². The van der Waals surface area contributed by atoms with Crippen LogP contribution in [-0.2, 0) is 26.2 Å². The SMILES string of the molecule is NS(=O)(=O)c1cc(NC2CCC3NC(C(=O)OCc4ccccc4)CC3C2)ccc1Cl. The summed E-state index contributed by atoms with van der Waals surface area (Å²) in [6.07, 6.45) is 3.46. The third-order valence-corrected chi connectivity index (χ3v) is 7.45. The molecule has 1 heterocycles. The fourth-order valence-corrected chi connectivity index (χ4v) is 5.62. The minimum Gasteiger partial charge on any atom is -0.460 e. The predicted molar refractivity (Wildman–Crippen MR) is 119 cm³/mol. The first-order valence-electron chi connectivity index (χ1n) is 10.3. The van der Waals surface area contributed by atoms with Crippen LogP contribution in [0.2, 0.25) is 5.02 Å². The first-order valence-corrected chi connectivity index (χ1v) is 12.3. The molecule has 31 heavy (non-hydrogen) atoms. The zero-order chi connectivity index (χ0) is 22.0. The standard InChI is InChI=1S/C22H26ClN3O4S/c23-18-8-6-17(12-21(18)31(24,28)29)25-16-7-9-19-15(10-16)11-20(26-19)22(27)30-13-14-4-2-1-3-5-14/h1-6,8,12,15-16,19-20,25-26H,7,9-11,13H2,(H2,24,28,29). The fraction of sp³-hybridized carbons (Fsp3) is 0.409. The molecule has 0 bridgehead atoms. The summed E-state index contributed by atoms with van der Waals surface area (Å²) < 4.78 is 28.9. The summed E-state index contributed by atoms with van der Waals surface area (Å²) in [5, 5.41) is 12.2. The average Bonchev–Trinajstić information content (AvgIpc) is 3.17. The second-order valence-corrected chi connectivity index (χ2v) is 10.2. The van der Waals surface area contributed by atoms with E-state index in [1.54, 1.807) is 6.07 Å². The Labute approximate surface area is 187 Å². The molecule has 2 aromatic rings. The lowest BCUT2D eigenvalue weighted by atomic mass is 9.82. The van der Waals surface area contributed by atoms with Gasteiger partial charge in [-0.25, -0.2) is 13.6 Å². The van der Waals surface area contributed by atoms with Crippen molar-refractivity contribution in [2.24, 2.45) is 11.1 Å². The van der Waals surface area contributed by atoms with Crippen LogP contribution in [0.1, 0.15) is 31.2 Å². The maximum absolute atomic E-state index is 12.5. The lowest BCUT2D eigenvalue weighted by Gasteiger charge is -2.32. The number of ether oxygens (including phenoxy) is 1. The van der Waals surface area contributed by atoms with E-state index in [4.69, 9.17) is 21.5 Å². The lowest BCUT2D eigenvalue weighted by Crippen LogP contribution is -2.40. The molecular formula is C22H26ClN3O4S. The Kier molecular flexibility index (Phi) is 6.52. The number of nitrogens with two attached hydrogens (primary N) is 1. The number of rotatable bonds is 6. The van der Waals surface area contributed by atoms with Gasteiger partial charge in [0.2, 0.25) is 10.0 Å². The number of fused-ring (bicyclic) bond motifs is 1. The highest BCUT2D eigenvalue weighted by Gasteiger charge is 2.41. The van der Waals surface area contributed by atoms with Crippen LogP contribution >= 0.6 is 11.6 Å². The Balaban J connectivity index is 1.33. The van der Waals surface area contributed by atoms with E-state index in [1.807, 2.05) is 30.3 Å². The summed E-state index contributed by atoms with van der Waals surface area (Å²) in [6.45, 7) is 0.278. The molecule has 1 aliphatic carbocycles. The van der Waals surface area contributed by atoms with Crippen LogP contribution in [0.15, 0.2) is 53.4 Å². The van der Waals surface area contributed by atoms with Gasteiger partial charge in [0.05, 0.1) is 5.02 Å². The number of benzene rings is 2. The highest BCUT2D eigenvalue weighted by atomic mass is 35.5. The Bertz CT molecular complexity index is 1050. The van der Waals surface area contributed by atoms with Gasteiger partial charge in [0.1, 0.15) is 17.5 Å². The van der Waals surface area contributed by atoms with Crippen LogP contribution in [0.3, 0.4) is 0 Å². The number of hydrogen-bond acceptors (Lipinski definition) is 6. The molecule has 1 saturated carbocycles. The van der Waals surface area contributed by atoms with E-state index in [-0.39, 0.29) is 40.6 Å². The molecule has 4 rings (SSSR count). The molecule has 9 heteroatoms. The van der Waals surface area contributed by atoms with E-state index in [9.17, 15) is 13.2 Å². The molecule has 1 saturated heterocycles. The third kappa shape index (κ3) is 5.38. The summed E-state index contributed by atoms with van der Waals surface area (Å²) in [5.74, 6) is 0.142. The topological polar surface area (TPSA) is 111 Å². The summed E-state index contributed by atoms with van der Waals surface area (Å²) in [6, 6.07) is 14.6. The van der Waals surface area contributed by atoms with E-state index >= 15 is 0 Å². The highest BCUT2D eigenvalue weighted by molar-refractivity contribution is 7.89. The summed E-state index contributed by atoms with van der Waals surface area (Å²) in [7, 11) is -3.89. The van der Waals surface area contributed by atoms with E-state index in [0.717, 1.165) is 31.2 Å². The molecule has 1 aliphatic heterocycles. The molecule has 0 amide bonds. The number of sulfonamides is 1. The van der Waals surface area contributed by atoms with Crippen molar-refractivity contribution in [3.8, 4) is 0 Å². The second-order valence-electron chi connectivity index (χ2n) is 8.26. The van der Waals surface area contributed by atoms with Gasteiger partial charge in [-0.2, -0.15) is 0 Å². The van der Waals surface area contributed by atoms with Gasteiger partial charge in [0, 0.05) is 17.8 Å². The number of esters is 1. The van der Waals surface area contributed by atoms with Crippen LogP contribution in [0.4, 0.5) is 5.69 Å². The average molecular weight is 464 g/mol. The Morgan fingerprint density at radius 3 is 2.68 bits per heavy atom. The number of hydrogen-bond donors (Lipinski definition) is 3. The minimum atomic E-state index is -3.89. The number of primary sulfonamides is 1. The van der Waals surface area contributed by atoms with Gasteiger partial charge in [-0.05, 0) is 55.4 Å². The predicted octanol–water partition coefficient (Wildman–Crippen LogP) is 3.04. The monoisotopic (exact) mass is 463 g/mol. The largest absolute Gasteiger partial charge is 0.460 e. The number of halogens is 1. The van der Waals surface area contributed by atoms with Crippen molar-refractivity contribution in [1.29, 1.82) is 0 Å². The van der Waals surface area contributed by atoms with E-state index in [1.165, 1.54) is 12.1 Å². The first kappa shape index (κ1) is 22.1. The van der Waals surface area contributed by atoms with Crippen LogP contribution in [0.25, 0.3) is 0 Å². The van der Waals surface area contributed by atoms with Crippen molar-refractivity contribution in [2.75, 3.05) is 5.32 Å². The van der Waals surface area contributed by atoms with Gasteiger partial charge in [0.15, 0.2) is 0 Å². The van der Waals surface area contributed by atoms with Gasteiger partial charge in [-0.3, -0.25) is 4.79 Å². The Hall–Kier alpha value is -2.13. The molecule has 2 fully saturated rings. The Morgan fingerprint density at radius 2 is 1.94 bits per heavy atom. The normalized spacial score (nSPS) is 25.6. The van der Waals surface area contributed by atoms with Crippen molar-refractivity contribution in [2.45, 2.75) is 55.3 Å². The summed E-state index contributed by atoms with van der Waals surface area (Å²) in [4.78, 5) is 12.4. The van der Waals surface area contributed by atoms with Crippen LogP contribution < -0.4 is 15.8 Å². The molecule has 0 spiro atoms. The third-order valence-electron chi connectivity index (χ3n) is 6.05. The number of nitrogens with one attached hydrogen (secondary N) is 2. The first-order chi connectivity index (χ1) is 14.8. The van der Waals surface area contributed by atoms with Crippen LogP contribution in [0.5, 0.6) is 0 Å². The van der Waals surface area contributed by atoms with Crippen LogP contribution in [0, 0.1) is 5.92 Å². The van der Waals surface area contributed by atoms with Crippen molar-refractivity contribution in [3.63, 3.8) is 0 Å². The van der Waals surface area contributed by atoms with E-state index in [2.05, 4.69) is 10.6 Å². The second kappa shape index (κ2) is 9.16. The van der Waals surface area contributed by atoms with Crippen molar-refractivity contribution in [1.82, 2.24) is 5.32 Å². The molecule has 4 unspecified atom stereocenters. The number of anilines is 1. The van der Waals surface area contributed by atoms with Crippen molar-refractivity contribution in [3.05, 3.63) is 59.1 Å². The minimum absolute atomic E-state index is 0.0865. The molecule has 2 aromatic carbocycles. The number of carbonyl (C=O) groups is 1. The van der Waals surface area contributed by atoms with Gasteiger partial charge in [-0.1, -0.05) is 41.9 Å². The summed E-state index contributed by atoms with van der Waals surface area (Å²) >= 11 is 5.97. The van der Waals surface area contributed by atoms with Crippen molar-refractivity contribution >= 4 is 33.3 Å². The molecule has 4 atom stereocenters. The zero-order valence-corrected chi connectivity index (χ0v) is 18.5. The lowest BCUT2D eigenvalue weighted by molar-refractivity contribution is -0.147. The molecule has 0 radical (unpaired) electrons. The zero-order valence-electron chi connectivity index (χ0n) is 17.0. The number of carbonyl (C=O) groups excluding carboxylic acids is 1. The van der Waals surface area contributed by atoms with Gasteiger partial charge in [-0.15, -0.1) is 0 Å². The van der Waals surface area contributed by atoms with E-state index in [0.29, 0.717) is 11.6 Å². The molecule has 4 N–H and O–H groups in total. The van der Waals surface area contributed by atoms with E-state index < -0.39 is 10.0 Å².